The van der Waals surface area contributed by atoms with Crippen molar-refractivity contribution in [3.63, 3.8) is 0 Å². The smallest absolute Gasteiger partial charge is 0.278 e. The average molecular weight is 362 g/mol. The SMILES string of the molecule is CCc1cccc(C)c1NC(=O)c1nc2ccccc2nc1N(CC)CC. The molecule has 1 amide bonds. The Morgan fingerprint density at radius 3 is 2.26 bits per heavy atom. The Bertz CT molecular complexity index is 964. The van der Waals surface area contributed by atoms with Crippen molar-refractivity contribution in [2.75, 3.05) is 23.3 Å². The van der Waals surface area contributed by atoms with Crippen molar-refractivity contribution in [3.8, 4) is 0 Å². The van der Waals surface area contributed by atoms with Gasteiger partial charge >= 0.3 is 0 Å². The number of hydrogen-bond acceptors (Lipinski definition) is 4. The van der Waals surface area contributed by atoms with Crippen molar-refractivity contribution in [2.45, 2.75) is 34.1 Å². The summed E-state index contributed by atoms with van der Waals surface area (Å²) in [6, 6.07) is 13.7. The quantitative estimate of drug-likeness (QED) is 0.696. The molecule has 0 unspecified atom stereocenters. The molecule has 0 spiro atoms. The standard InChI is InChI=1S/C22H26N4O/c1-5-16-12-10-11-15(4)19(16)25-22(27)20-21(26(6-2)7-3)24-18-14-9-8-13-17(18)23-20/h8-14H,5-7H2,1-4H3,(H,25,27). The van der Waals surface area contributed by atoms with E-state index < -0.39 is 0 Å². The number of carbonyl (C=O) groups is 1. The molecule has 140 valence electrons. The number of nitrogens with one attached hydrogen (secondary N) is 1. The second-order valence-electron chi connectivity index (χ2n) is 6.47. The number of carbonyl (C=O) groups excluding carboxylic acids is 1. The minimum atomic E-state index is -0.223. The molecule has 0 saturated carbocycles. The van der Waals surface area contributed by atoms with Gasteiger partial charge in [-0.05, 0) is 50.5 Å². The maximum Gasteiger partial charge on any atom is 0.278 e. The van der Waals surface area contributed by atoms with Crippen molar-refractivity contribution in [2.24, 2.45) is 0 Å². The summed E-state index contributed by atoms with van der Waals surface area (Å²) in [6.07, 6.45) is 0.851. The fraction of sp³-hybridized carbons (Fsp3) is 0.318. The number of para-hydroxylation sites is 3. The molecule has 0 aliphatic heterocycles. The number of hydrogen-bond donors (Lipinski definition) is 1. The van der Waals surface area contributed by atoms with E-state index in [9.17, 15) is 4.79 Å². The van der Waals surface area contributed by atoms with Gasteiger partial charge in [0, 0.05) is 18.8 Å². The first-order chi connectivity index (χ1) is 13.1. The van der Waals surface area contributed by atoms with Gasteiger partial charge in [0.05, 0.1) is 11.0 Å². The first kappa shape index (κ1) is 18.8. The van der Waals surface area contributed by atoms with Crippen LogP contribution in [0.15, 0.2) is 42.5 Å². The van der Waals surface area contributed by atoms with Gasteiger partial charge in [-0.25, -0.2) is 9.97 Å². The zero-order valence-corrected chi connectivity index (χ0v) is 16.4. The van der Waals surface area contributed by atoms with Gasteiger partial charge in [-0.2, -0.15) is 0 Å². The topological polar surface area (TPSA) is 58.1 Å². The molecule has 3 rings (SSSR count). The summed E-state index contributed by atoms with van der Waals surface area (Å²) in [4.78, 5) is 24.7. The van der Waals surface area contributed by atoms with E-state index in [-0.39, 0.29) is 5.91 Å². The van der Waals surface area contributed by atoms with Crippen LogP contribution in [0.2, 0.25) is 0 Å². The molecule has 5 nitrogen and oxygen atoms in total. The Morgan fingerprint density at radius 1 is 0.963 bits per heavy atom. The Kier molecular flexibility index (Phi) is 5.69. The summed E-state index contributed by atoms with van der Waals surface area (Å²) < 4.78 is 0. The van der Waals surface area contributed by atoms with Gasteiger partial charge in [0.1, 0.15) is 0 Å². The van der Waals surface area contributed by atoms with Crippen molar-refractivity contribution in [1.82, 2.24) is 9.97 Å². The zero-order valence-electron chi connectivity index (χ0n) is 16.4. The van der Waals surface area contributed by atoms with E-state index in [1.54, 1.807) is 0 Å². The highest BCUT2D eigenvalue weighted by molar-refractivity contribution is 6.07. The van der Waals surface area contributed by atoms with E-state index in [2.05, 4.69) is 36.0 Å². The molecule has 2 aromatic carbocycles. The van der Waals surface area contributed by atoms with Crippen molar-refractivity contribution < 1.29 is 4.79 Å². The lowest BCUT2D eigenvalue weighted by atomic mass is 10.1. The van der Waals surface area contributed by atoms with E-state index in [0.717, 1.165) is 47.4 Å². The summed E-state index contributed by atoms with van der Waals surface area (Å²) in [5, 5.41) is 3.09. The summed E-state index contributed by atoms with van der Waals surface area (Å²) in [6.45, 7) is 9.72. The van der Waals surface area contributed by atoms with Crippen molar-refractivity contribution in [3.05, 3.63) is 59.3 Å². The van der Waals surface area contributed by atoms with Gasteiger partial charge in [0.2, 0.25) is 0 Å². The molecule has 0 atom stereocenters. The monoisotopic (exact) mass is 362 g/mol. The van der Waals surface area contributed by atoms with Gasteiger partial charge in [0.25, 0.3) is 5.91 Å². The molecular formula is C22H26N4O. The highest BCUT2D eigenvalue weighted by Crippen LogP contribution is 2.25. The first-order valence-corrected chi connectivity index (χ1v) is 9.50. The molecule has 0 radical (unpaired) electrons. The summed E-state index contributed by atoms with van der Waals surface area (Å²) in [7, 11) is 0. The summed E-state index contributed by atoms with van der Waals surface area (Å²) >= 11 is 0. The third kappa shape index (κ3) is 3.77. The molecule has 5 heteroatoms. The van der Waals surface area contributed by atoms with Crippen LogP contribution in [0.3, 0.4) is 0 Å². The molecule has 0 fully saturated rings. The maximum atomic E-state index is 13.2. The Hall–Kier alpha value is -2.95. The number of anilines is 2. The van der Waals surface area contributed by atoms with Crippen molar-refractivity contribution >= 4 is 28.4 Å². The second kappa shape index (κ2) is 8.16. The fourth-order valence-corrected chi connectivity index (χ4v) is 3.26. The molecule has 27 heavy (non-hydrogen) atoms. The van der Waals surface area contributed by atoms with Gasteiger partial charge in [-0.1, -0.05) is 37.3 Å². The molecule has 1 heterocycles. The highest BCUT2D eigenvalue weighted by atomic mass is 16.1. The van der Waals surface area contributed by atoms with Gasteiger partial charge in [0.15, 0.2) is 11.5 Å². The van der Waals surface area contributed by atoms with E-state index in [0.29, 0.717) is 11.5 Å². The normalized spacial score (nSPS) is 10.8. The summed E-state index contributed by atoms with van der Waals surface area (Å²) in [5.41, 5.74) is 4.90. The highest BCUT2D eigenvalue weighted by Gasteiger charge is 2.21. The minimum absolute atomic E-state index is 0.223. The number of rotatable bonds is 6. The maximum absolute atomic E-state index is 13.2. The average Bonchev–Trinajstić information content (AvgIpc) is 2.69. The minimum Gasteiger partial charge on any atom is -0.355 e. The number of amides is 1. The van der Waals surface area contributed by atoms with Crippen LogP contribution >= 0.6 is 0 Å². The summed E-state index contributed by atoms with van der Waals surface area (Å²) in [5.74, 6) is 0.405. The predicted octanol–water partition coefficient (Wildman–Crippen LogP) is 4.60. The van der Waals surface area contributed by atoms with E-state index in [1.807, 2.05) is 49.4 Å². The lowest BCUT2D eigenvalue weighted by molar-refractivity contribution is 0.102. The lowest BCUT2D eigenvalue weighted by Crippen LogP contribution is -2.28. The van der Waals surface area contributed by atoms with Crippen LogP contribution in [-0.2, 0) is 6.42 Å². The van der Waals surface area contributed by atoms with Crippen LogP contribution in [0.4, 0.5) is 11.5 Å². The predicted molar refractivity (Wildman–Crippen MR) is 112 cm³/mol. The molecule has 1 aromatic heterocycles. The fourth-order valence-electron chi connectivity index (χ4n) is 3.26. The molecule has 3 aromatic rings. The van der Waals surface area contributed by atoms with Gasteiger partial charge in [-0.3, -0.25) is 4.79 Å². The number of nitrogens with zero attached hydrogens (tertiary/aromatic N) is 3. The Balaban J connectivity index is 2.09. The van der Waals surface area contributed by atoms with Crippen LogP contribution in [0.1, 0.15) is 42.4 Å². The first-order valence-electron chi connectivity index (χ1n) is 9.50. The number of aryl methyl sites for hydroxylation is 2. The second-order valence-corrected chi connectivity index (χ2v) is 6.47. The number of benzene rings is 2. The molecule has 1 N–H and O–H groups in total. The number of fused-ring (bicyclic) bond motifs is 1. The van der Waals surface area contributed by atoms with E-state index in [1.165, 1.54) is 0 Å². The third-order valence-corrected chi connectivity index (χ3v) is 4.81. The molecule has 0 bridgehead atoms. The van der Waals surface area contributed by atoms with E-state index >= 15 is 0 Å². The number of aromatic nitrogens is 2. The molecule has 0 aliphatic rings. The van der Waals surface area contributed by atoms with Crippen LogP contribution in [0.5, 0.6) is 0 Å². The third-order valence-electron chi connectivity index (χ3n) is 4.81. The zero-order chi connectivity index (χ0) is 19.4. The Labute approximate surface area is 160 Å². The Morgan fingerprint density at radius 2 is 1.63 bits per heavy atom. The van der Waals surface area contributed by atoms with Gasteiger partial charge < -0.3 is 10.2 Å². The van der Waals surface area contributed by atoms with Crippen LogP contribution in [-0.4, -0.2) is 29.0 Å². The molecular weight excluding hydrogens is 336 g/mol. The molecule has 0 aliphatic carbocycles. The lowest BCUT2D eigenvalue weighted by Gasteiger charge is -2.22. The van der Waals surface area contributed by atoms with Crippen molar-refractivity contribution in [1.29, 1.82) is 0 Å². The van der Waals surface area contributed by atoms with E-state index in [4.69, 9.17) is 4.98 Å². The molecule has 0 saturated heterocycles. The van der Waals surface area contributed by atoms with Crippen LogP contribution in [0, 0.1) is 6.92 Å². The largest absolute Gasteiger partial charge is 0.355 e. The van der Waals surface area contributed by atoms with Crippen LogP contribution in [0.25, 0.3) is 11.0 Å². The van der Waals surface area contributed by atoms with Gasteiger partial charge in [-0.15, -0.1) is 0 Å². The van der Waals surface area contributed by atoms with Crippen LogP contribution < -0.4 is 10.2 Å².